The molecular formula is C35H28N2O3. The summed E-state index contributed by atoms with van der Waals surface area (Å²) >= 11 is 0. The minimum absolute atomic E-state index is 0.173. The number of amides is 1. The second kappa shape index (κ2) is 8.88. The molecule has 40 heavy (non-hydrogen) atoms. The Morgan fingerprint density at radius 3 is 2.10 bits per heavy atom. The van der Waals surface area contributed by atoms with Gasteiger partial charge in [0.2, 0.25) is 5.91 Å². The molecular weight excluding hydrogens is 496 g/mol. The number of allylic oxidation sites excluding steroid dienone is 1. The van der Waals surface area contributed by atoms with Gasteiger partial charge in [0.05, 0.1) is 12.0 Å². The Labute approximate surface area is 233 Å². The molecule has 4 aromatic carbocycles. The van der Waals surface area contributed by atoms with Gasteiger partial charge in [0.25, 0.3) is 0 Å². The molecule has 5 heteroatoms. The van der Waals surface area contributed by atoms with Gasteiger partial charge in [-0.1, -0.05) is 96.6 Å². The number of carbonyl (C=O) groups excluding carboxylic acids is 3. The number of aryl methyl sites for hydroxylation is 1. The number of carbonyl (C=O) groups is 3. The number of hydrogen-bond donors (Lipinski definition) is 1. The van der Waals surface area contributed by atoms with E-state index in [-0.39, 0.29) is 17.5 Å². The SMILES string of the molecule is CC1=C[C@@H]2N(c3ccc(C)cc31)[C@H](C(=O)c1ccccc1)[C@@H](C(=O)c1ccccc1)[C@]21C(=O)Nc2ccccc21. The number of hydrogen-bond acceptors (Lipinski definition) is 4. The molecule has 7 rings (SSSR count). The van der Waals surface area contributed by atoms with Crippen LogP contribution in [-0.2, 0) is 10.2 Å². The fraction of sp³-hybridized carbons (Fsp3) is 0.171. The number of benzene rings is 4. The minimum atomic E-state index is -1.30. The highest BCUT2D eigenvalue weighted by Crippen LogP contribution is 2.58. The zero-order valence-corrected chi connectivity index (χ0v) is 22.3. The molecule has 1 fully saturated rings. The van der Waals surface area contributed by atoms with Crippen LogP contribution in [0.3, 0.4) is 0 Å². The van der Waals surface area contributed by atoms with Crippen molar-refractivity contribution in [3.8, 4) is 0 Å². The van der Waals surface area contributed by atoms with Gasteiger partial charge >= 0.3 is 0 Å². The van der Waals surface area contributed by atoms with E-state index in [1.165, 1.54) is 0 Å². The third kappa shape index (κ3) is 3.24. The number of nitrogens with zero attached hydrogens (tertiary/aromatic N) is 1. The topological polar surface area (TPSA) is 66.5 Å². The molecule has 5 nitrogen and oxygen atoms in total. The second-order valence-corrected chi connectivity index (χ2v) is 11.0. The Kier molecular flexibility index (Phi) is 5.39. The fourth-order valence-corrected chi connectivity index (χ4v) is 7.10. The number of anilines is 2. The maximum absolute atomic E-state index is 14.7. The summed E-state index contributed by atoms with van der Waals surface area (Å²) in [6, 6.07) is 30.5. The van der Waals surface area contributed by atoms with Crippen LogP contribution in [0.25, 0.3) is 5.57 Å². The summed E-state index contributed by atoms with van der Waals surface area (Å²) < 4.78 is 0. The monoisotopic (exact) mass is 524 g/mol. The largest absolute Gasteiger partial charge is 0.352 e. The molecule has 4 aromatic rings. The van der Waals surface area contributed by atoms with Gasteiger partial charge in [-0.15, -0.1) is 0 Å². The van der Waals surface area contributed by atoms with E-state index in [0.29, 0.717) is 16.8 Å². The third-order valence-electron chi connectivity index (χ3n) is 8.80. The van der Waals surface area contributed by atoms with Gasteiger partial charge in [0.15, 0.2) is 11.6 Å². The average Bonchev–Trinajstić information content (AvgIpc) is 3.45. The number of rotatable bonds is 4. The molecule has 3 heterocycles. The molecule has 196 valence electrons. The van der Waals surface area contributed by atoms with Gasteiger partial charge in [-0.05, 0) is 43.2 Å². The summed E-state index contributed by atoms with van der Waals surface area (Å²) in [6.45, 7) is 4.09. The van der Waals surface area contributed by atoms with E-state index in [4.69, 9.17) is 0 Å². The Balaban J connectivity index is 1.57. The van der Waals surface area contributed by atoms with E-state index in [0.717, 1.165) is 28.0 Å². The van der Waals surface area contributed by atoms with Crippen LogP contribution >= 0.6 is 0 Å². The van der Waals surface area contributed by atoms with Gasteiger partial charge in [-0.25, -0.2) is 0 Å². The van der Waals surface area contributed by atoms with Crippen molar-refractivity contribution >= 4 is 34.4 Å². The predicted molar refractivity (Wildman–Crippen MR) is 157 cm³/mol. The Hall–Kier alpha value is -4.77. The molecule has 0 bridgehead atoms. The van der Waals surface area contributed by atoms with Crippen molar-refractivity contribution in [1.29, 1.82) is 0 Å². The van der Waals surface area contributed by atoms with Gasteiger partial charge in [-0.2, -0.15) is 0 Å². The van der Waals surface area contributed by atoms with E-state index in [1.54, 1.807) is 24.3 Å². The van der Waals surface area contributed by atoms with Crippen LogP contribution in [0.1, 0.15) is 44.3 Å². The summed E-state index contributed by atoms with van der Waals surface area (Å²) in [5.74, 6) is -1.60. The highest BCUT2D eigenvalue weighted by molar-refractivity contribution is 6.18. The first-order valence-corrected chi connectivity index (χ1v) is 13.6. The van der Waals surface area contributed by atoms with Crippen molar-refractivity contribution in [2.45, 2.75) is 31.3 Å². The first-order chi connectivity index (χ1) is 19.4. The first-order valence-electron chi connectivity index (χ1n) is 13.6. The number of para-hydroxylation sites is 1. The van der Waals surface area contributed by atoms with Gasteiger partial charge in [-0.3, -0.25) is 14.4 Å². The number of ketones is 2. The number of nitrogens with one attached hydrogen (secondary N) is 1. The molecule has 1 amide bonds. The lowest BCUT2D eigenvalue weighted by atomic mass is 9.64. The quantitative estimate of drug-likeness (QED) is 0.321. The molecule has 0 radical (unpaired) electrons. The Morgan fingerprint density at radius 1 is 0.775 bits per heavy atom. The van der Waals surface area contributed by atoms with Crippen LogP contribution in [0.4, 0.5) is 11.4 Å². The number of Topliss-reactive ketones (excluding diaryl/α,β-unsaturated/α-hetero) is 2. The molecule has 3 aliphatic rings. The van der Waals surface area contributed by atoms with Crippen molar-refractivity contribution in [3.63, 3.8) is 0 Å². The highest BCUT2D eigenvalue weighted by atomic mass is 16.2. The van der Waals surface area contributed by atoms with Crippen LogP contribution < -0.4 is 10.2 Å². The van der Waals surface area contributed by atoms with Crippen LogP contribution in [-0.4, -0.2) is 29.6 Å². The van der Waals surface area contributed by atoms with E-state index in [1.807, 2.05) is 86.6 Å². The van der Waals surface area contributed by atoms with Crippen molar-refractivity contribution < 1.29 is 14.4 Å². The highest BCUT2D eigenvalue weighted by Gasteiger charge is 2.70. The lowest BCUT2D eigenvalue weighted by Crippen LogP contribution is -2.51. The Morgan fingerprint density at radius 2 is 1.40 bits per heavy atom. The molecule has 0 unspecified atom stereocenters. The first kappa shape index (κ1) is 24.3. The van der Waals surface area contributed by atoms with E-state index in [9.17, 15) is 14.4 Å². The van der Waals surface area contributed by atoms with Gasteiger partial charge < -0.3 is 10.2 Å². The lowest BCUT2D eigenvalue weighted by molar-refractivity contribution is -0.121. The summed E-state index contributed by atoms with van der Waals surface area (Å²) in [6.07, 6.45) is 2.09. The fourth-order valence-electron chi connectivity index (χ4n) is 7.10. The van der Waals surface area contributed by atoms with Crippen LogP contribution in [0, 0.1) is 12.8 Å². The van der Waals surface area contributed by atoms with E-state index in [2.05, 4.69) is 22.4 Å². The molecule has 1 N–H and O–H groups in total. The summed E-state index contributed by atoms with van der Waals surface area (Å²) in [7, 11) is 0. The third-order valence-corrected chi connectivity index (χ3v) is 8.80. The molecule has 0 aliphatic carbocycles. The van der Waals surface area contributed by atoms with E-state index >= 15 is 0 Å². The van der Waals surface area contributed by atoms with Crippen molar-refractivity contribution in [2.24, 2.45) is 5.92 Å². The maximum atomic E-state index is 14.7. The standard InChI is InChI=1S/C35H28N2O3/c1-21-17-18-28-25(19-21)22(2)20-29-35(26-15-9-10-16-27(26)36-34(35)40)30(32(38)23-11-5-3-6-12-23)31(37(28)29)33(39)24-13-7-4-8-14-24/h3-20,29-31H,1-2H3,(H,36,40)/t29-,30-,31-,35+/m0/s1. The molecule has 1 spiro atoms. The summed E-state index contributed by atoms with van der Waals surface area (Å²) in [4.78, 5) is 45.8. The second-order valence-electron chi connectivity index (χ2n) is 11.0. The van der Waals surface area contributed by atoms with E-state index < -0.39 is 23.4 Å². The van der Waals surface area contributed by atoms with Crippen molar-refractivity contribution in [3.05, 3.63) is 137 Å². The van der Waals surface area contributed by atoms with Crippen molar-refractivity contribution in [2.75, 3.05) is 10.2 Å². The molecule has 1 saturated heterocycles. The average molecular weight is 525 g/mol. The lowest BCUT2D eigenvalue weighted by Gasteiger charge is -2.39. The molecule has 3 aliphatic heterocycles. The number of fused-ring (bicyclic) bond motifs is 6. The van der Waals surface area contributed by atoms with Crippen LogP contribution in [0.5, 0.6) is 0 Å². The van der Waals surface area contributed by atoms with Crippen molar-refractivity contribution in [1.82, 2.24) is 0 Å². The smallest absolute Gasteiger partial charge is 0.238 e. The summed E-state index contributed by atoms with van der Waals surface area (Å²) in [5, 5.41) is 3.09. The van der Waals surface area contributed by atoms with Gasteiger partial charge in [0.1, 0.15) is 11.5 Å². The van der Waals surface area contributed by atoms with Gasteiger partial charge in [0, 0.05) is 28.1 Å². The normalized spacial score (nSPS) is 24.1. The minimum Gasteiger partial charge on any atom is -0.352 e. The Bertz CT molecular complexity index is 1730. The molecule has 0 aromatic heterocycles. The zero-order valence-electron chi connectivity index (χ0n) is 22.3. The molecule has 4 atom stereocenters. The van der Waals surface area contributed by atoms with Crippen LogP contribution in [0.2, 0.25) is 0 Å². The maximum Gasteiger partial charge on any atom is 0.238 e. The summed E-state index contributed by atoms with van der Waals surface area (Å²) in [5.41, 5.74) is 5.14. The zero-order chi connectivity index (χ0) is 27.6. The molecule has 0 saturated carbocycles. The predicted octanol–water partition coefficient (Wildman–Crippen LogP) is 6.24. The van der Waals surface area contributed by atoms with Crippen LogP contribution in [0.15, 0.2) is 109 Å².